The summed E-state index contributed by atoms with van der Waals surface area (Å²) in [5.41, 5.74) is 1.13. The zero-order valence-corrected chi connectivity index (χ0v) is 12.9. The zero-order chi connectivity index (χ0) is 15.3. The first kappa shape index (κ1) is 16.3. The van der Waals surface area contributed by atoms with Crippen LogP contribution in [-0.4, -0.2) is 12.7 Å². The van der Waals surface area contributed by atoms with E-state index in [-0.39, 0.29) is 12.5 Å². The second-order valence-corrected chi connectivity index (χ2v) is 6.11. The highest BCUT2D eigenvalue weighted by atomic mass is 32.1. The van der Waals surface area contributed by atoms with Gasteiger partial charge in [0.15, 0.2) is 0 Å². The summed E-state index contributed by atoms with van der Waals surface area (Å²) in [6, 6.07) is 8.07. The Labute approximate surface area is 127 Å². The Kier molecular flexibility index (Phi) is 5.65. The van der Waals surface area contributed by atoms with Gasteiger partial charge in [-0.2, -0.15) is 13.2 Å². The van der Waals surface area contributed by atoms with Crippen molar-refractivity contribution in [2.24, 2.45) is 0 Å². The molecule has 1 aromatic carbocycles. The summed E-state index contributed by atoms with van der Waals surface area (Å²) in [7, 11) is 0. The maximum Gasteiger partial charge on any atom is 0.389 e. The third-order valence-electron chi connectivity index (χ3n) is 3.48. The molecule has 0 aliphatic rings. The van der Waals surface area contributed by atoms with Gasteiger partial charge >= 0.3 is 6.18 Å². The second kappa shape index (κ2) is 7.27. The van der Waals surface area contributed by atoms with E-state index in [0.29, 0.717) is 6.42 Å². The van der Waals surface area contributed by atoms with Gasteiger partial charge in [-0.3, -0.25) is 0 Å². The maximum absolute atomic E-state index is 12.3. The monoisotopic (exact) mass is 315 g/mol. The molecule has 2 aromatic rings. The Morgan fingerprint density at radius 2 is 2.00 bits per heavy atom. The molecular formula is C16H20F3NS. The maximum atomic E-state index is 12.3. The number of alkyl halides is 3. The molecule has 21 heavy (non-hydrogen) atoms. The fourth-order valence-corrected chi connectivity index (χ4v) is 3.48. The van der Waals surface area contributed by atoms with Crippen molar-refractivity contribution in [2.75, 3.05) is 6.54 Å². The van der Waals surface area contributed by atoms with E-state index in [1.54, 1.807) is 11.3 Å². The fraction of sp³-hybridized carbons (Fsp3) is 0.500. The van der Waals surface area contributed by atoms with E-state index in [0.717, 1.165) is 23.9 Å². The van der Waals surface area contributed by atoms with Gasteiger partial charge in [0, 0.05) is 17.2 Å². The summed E-state index contributed by atoms with van der Waals surface area (Å²) < 4.78 is 38.2. The molecule has 0 radical (unpaired) electrons. The SMILES string of the molecule is CCCNC(CCCC(F)(F)F)c1csc2ccccc12. The zero-order valence-electron chi connectivity index (χ0n) is 12.0. The number of hydrogen-bond acceptors (Lipinski definition) is 2. The van der Waals surface area contributed by atoms with Gasteiger partial charge in [0.25, 0.3) is 0 Å². The molecule has 0 fully saturated rings. The van der Waals surface area contributed by atoms with Gasteiger partial charge in [0.2, 0.25) is 0 Å². The molecule has 0 spiro atoms. The molecule has 0 bridgehead atoms. The van der Waals surface area contributed by atoms with Gasteiger partial charge in [-0.1, -0.05) is 25.1 Å². The molecule has 0 aliphatic heterocycles. The lowest BCUT2D eigenvalue weighted by molar-refractivity contribution is -0.135. The van der Waals surface area contributed by atoms with Crippen molar-refractivity contribution >= 4 is 21.4 Å². The van der Waals surface area contributed by atoms with Crippen LogP contribution in [0.5, 0.6) is 0 Å². The van der Waals surface area contributed by atoms with Crippen molar-refractivity contribution in [1.82, 2.24) is 5.32 Å². The van der Waals surface area contributed by atoms with Gasteiger partial charge in [-0.05, 0) is 48.2 Å². The van der Waals surface area contributed by atoms with Crippen LogP contribution in [0.3, 0.4) is 0 Å². The quantitative estimate of drug-likeness (QED) is 0.693. The van der Waals surface area contributed by atoms with Crippen LogP contribution in [0.4, 0.5) is 13.2 Å². The standard InChI is InChI=1S/C16H20F3NS/c1-2-10-20-14(7-5-9-16(17,18)19)13-11-21-15-8-4-3-6-12(13)15/h3-4,6,8,11,14,20H,2,5,7,9-10H2,1H3. The fourth-order valence-electron chi connectivity index (χ4n) is 2.46. The Hall–Kier alpha value is -1.07. The Morgan fingerprint density at radius 3 is 2.71 bits per heavy atom. The van der Waals surface area contributed by atoms with Crippen molar-refractivity contribution < 1.29 is 13.2 Å². The molecule has 1 heterocycles. The van der Waals surface area contributed by atoms with E-state index in [1.807, 2.05) is 18.2 Å². The molecule has 116 valence electrons. The van der Waals surface area contributed by atoms with Gasteiger partial charge in [0.1, 0.15) is 0 Å². The number of rotatable bonds is 7. The van der Waals surface area contributed by atoms with Crippen LogP contribution in [0.25, 0.3) is 10.1 Å². The molecule has 1 unspecified atom stereocenters. The van der Waals surface area contributed by atoms with Gasteiger partial charge in [-0.15, -0.1) is 11.3 Å². The lowest BCUT2D eigenvalue weighted by atomic mass is 10.00. The summed E-state index contributed by atoms with van der Waals surface area (Å²) in [4.78, 5) is 0. The minimum atomic E-state index is -4.06. The highest BCUT2D eigenvalue weighted by Gasteiger charge is 2.27. The summed E-state index contributed by atoms with van der Waals surface area (Å²) in [6.45, 7) is 2.88. The summed E-state index contributed by atoms with van der Waals surface area (Å²) in [5, 5.41) is 6.62. The molecule has 1 nitrogen and oxygen atoms in total. The average molecular weight is 315 g/mol. The van der Waals surface area contributed by atoms with Crippen molar-refractivity contribution in [2.45, 2.75) is 44.8 Å². The normalized spacial score (nSPS) is 13.7. The van der Waals surface area contributed by atoms with Crippen molar-refractivity contribution in [1.29, 1.82) is 0 Å². The first-order valence-electron chi connectivity index (χ1n) is 7.27. The van der Waals surface area contributed by atoms with Crippen LogP contribution in [0.1, 0.15) is 44.2 Å². The molecule has 0 saturated heterocycles. The lowest BCUT2D eigenvalue weighted by Crippen LogP contribution is -2.22. The van der Waals surface area contributed by atoms with E-state index in [1.165, 1.54) is 4.70 Å². The number of nitrogens with one attached hydrogen (secondary N) is 1. The van der Waals surface area contributed by atoms with E-state index >= 15 is 0 Å². The van der Waals surface area contributed by atoms with Crippen LogP contribution in [0.2, 0.25) is 0 Å². The first-order chi connectivity index (χ1) is 10.0. The third-order valence-corrected chi connectivity index (χ3v) is 4.46. The number of benzene rings is 1. The van der Waals surface area contributed by atoms with Crippen LogP contribution >= 0.6 is 11.3 Å². The predicted molar refractivity (Wildman–Crippen MR) is 82.8 cm³/mol. The van der Waals surface area contributed by atoms with E-state index in [9.17, 15) is 13.2 Å². The van der Waals surface area contributed by atoms with Crippen LogP contribution in [-0.2, 0) is 0 Å². The van der Waals surface area contributed by atoms with Crippen molar-refractivity contribution in [3.05, 3.63) is 35.2 Å². The topological polar surface area (TPSA) is 12.0 Å². The molecule has 0 aliphatic carbocycles. The van der Waals surface area contributed by atoms with Crippen molar-refractivity contribution in [3.8, 4) is 0 Å². The number of thiophene rings is 1. The van der Waals surface area contributed by atoms with Gasteiger partial charge in [0.05, 0.1) is 0 Å². The molecular weight excluding hydrogens is 295 g/mol. The molecule has 0 saturated carbocycles. The molecule has 1 N–H and O–H groups in total. The minimum Gasteiger partial charge on any atom is -0.310 e. The smallest absolute Gasteiger partial charge is 0.310 e. The largest absolute Gasteiger partial charge is 0.389 e. The Bertz CT molecular complexity index is 562. The molecule has 1 atom stereocenters. The van der Waals surface area contributed by atoms with Gasteiger partial charge < -0.3 is 5.32 Å². The van der Waals surface area contributed by atoms with E-state index < -0.39 is 12.6 Å². The molecule has 0 amide bonds. The number of hydrogen-bond donors (Lipinski definition) is 1. The van der Waals surface area contributed by atoms with E-state index in [4.69, 9.17) is 0 Å². The average Bonchev–Trinajstić information content (AvgIpc) is 2.85. The molecule has 2 rings (SSSR count). The van der Waals surface area contributed by atoms with Crippen LogP contribution in [0.15, 0.2) is 29.6 Å². The van der Waals surface area contributed by atoms with Crippen molar-refractivity contribution in [3.63, 3.8) is 0 Å². The van der Waals surface area contributed by atoms with Crippen LogP contribution < -0.4 is 5.32 Å². The number of fused-ring (bicyclic) bond motifs is 1. The Morgan fingerprint density at radius 1 is 1.24 bits per heavy atom. The van der Waals surface area contributed by atoms with Gasteiger partial charge in [-0.25, -0.2) is 0 Å². The van der Waals surface area contributed by atoms with E-state index in [2.05, 4.69) is 23.7 Å². The second-order valence-electron chi connectivity index (χ2n) is 5.20. The molecule has 1 aromatic heterocycles. The summed E-state index contributed by atoms with van der Waals surface area (Å²) in [5.74, 6) is 0. The predicted octanol–water partition coefficient (Wildman–Crippen LogP) is 5.67. The number of halogens is 3. The summed E-state index contributed by atoms with van der Waals surface area (Å²) in [6.07, 6.45) is -3.13. The highest BCUT2D eigenvalue weighted by molar-refractivity contribution is 7.17. The van der Waals surface area contributed by atoms with Crippen LogP contribution in [0, 0.1) is 0 Å². The lowest BCUT2D eigenvalue weighted by Gasteiger charge is -2.19. The minimum absolute atomic E-state index is 0.00319. The first-order valence-corrected chi connectivity index (χ1v) is 8.15. The Balaban J connectivity index is 2.11. The third kappa shape index (κ3) is 4.71. The highest BCUT2D eigenvalue weighted by Crippen LogP contribution is 2.33. The summed E-state index contributed by atoms with van der Waals surface area (Å²) >= 11 is 1.65. The molecule has 5 heteroatoms.